The van der Waals surface area contributed by atoms with E-state index < -0.39 is 6.09 Å². The summed E-state index contributed by atoms with van der Waals surface area (Å²) in [5.74, 6) is 0. The minimum atomic E-state index is -1.33. The second-order valence-corrected chi connectivity index (χ2v) is 3.31. The van der Waals surface area contributed by atoms with Crippen LogP contribution < -0.4 is 11.1 Å². The van der Waals surface area contributed by atoms with Gasteiger partial charge in [0.15, 0.2) is 0 Å². The molecule has 0 spiro atoms. The SMILES string of the molecule is Cl.NC(=O)O.c1ccc(C2CNCCO2)cc1. The molecule has 1 amide bonds. The van der Waals surface area contributed by atoms with Crippen molar-refractivity contribution in [1.29, 1.82) is 0 Å². The Balaban J connectivity index is 0.000000453. The number of nitrogens with two attached hydrogens (primary N) is 1. The van der Waals surface area contributed by atoms with Crippen molar-refractivity contribution in [3.05, 3.63) is 35.9 Å². The maximum absolute atomic E-state index is 8.78. The highest BCUT2D eigenvalue weighted by Gasteiger charge is 2.14. The molecular weight excluding hydrogens is 244 g/mol. The number of halogens is 1. The van der Waals surface area contributed by atoms with Gasteiger partial charge in [-0.1, -0.05) is 30.3 Å². The molecule has 5 nitrogen and oxygen atoms in total. The van der Waals surface area contributed by atoms with E-state index in [-0.39, 0.29) is 18.5 Å². The van der Waals surface area contributed by atoms with Crippen LogP contribution in [0.15, 0.2) is 30.3 Å². The number of rotatable bonds is 1. The van der Waals surface area contributed by atoms with E-state index in [0.29, 0.717) is 0 Å². The van der Waals surface area contributed by atoms with E-state index >= 15 is 0 Å². The molecule has 0 radical (unpaired) electrons. The molecule has 0 bridgehead atoms. The summed E-state index contributed by atoms with van der Waals surface area (Å²) in [4.78, 5) is 8.78. The van der Waals surface area contributed by atoms with Crippen LogP contribution in [0.2, 0.25) is 0 Å². The van der Waals surface area contributed by atoms with Gasteiger partial charge in [-0.05, 0) is 5.56 Å². The standard InChI is InChI=1S/C10H13NO.CH3NO2.ClH/c1-2-4-9(5-3-1)10-8-11-6-7-12-10;2-1(3)4;/h1-5,10-11H,6-8H2;2H2,(H,3,4);1H. The van der Waals surface area contributed by atoms with Gasteiger partial charge in [0.25, 0.3) is 0 Å². The molecule has 0 aromatic heterocycles. The predicted octanol–water partition coefficient (Wildman–Crippen LogP) is 1.39. The molecular formula is C11H17ClN2O3. The smallest absolute Gasteiger partial charge is 0.402 e. The highest BCUT2D eigenvalue weighted by Crippen LogP contribution is 2.17. The third-order valence-corrected chi connectivity index (χ3v) is 2.10. The number of morpholine rings is 1. The van der Waals surface area contributed by atoms with E-state index in [2.05, 4.69) is 23.2 Å². The molecule has 1 fully saturated rings. The molecule has 1 aliphatic heterocycles. The number of carbonyl (C=O) groups is 1. The van der Waals surface area contributed by atoms with Crippen molar-refractivity contribution < 1.29 is 14.6 Å². The molecule has 4 N–H and O–H groups in total. The third-order valence-electron chi connectivity index (χ3n) is 2.10. The summed E-state index contributed by atoms with van der Waals surface area (Å²) >= 11 is 0. The monoisotopic (exact) mass is 260 g/mol. The zero-order valence-electron chi connectivity index (χ0n) is 9.33. The van der Waals surface area contributed by atoms with Crippen LogP contribution >= 0.6 is 12.4 Å². The van der Waals surface area contributed by atoms with Crippen LogP contribution in [0.4, 0.5) is 4.79 Å². The fourth-order valence-electron chi connectivity index (χ4n) is 1.45. The Morgan fingerprint density at radius 3 is 2.47 bits per heavy atom. The van der Waals surface area contributed by atoms with Crippen LogP contribution in [0.25, 0.3) is 0 Å². The minimum Gasteiger partial charge on any atom is -0.465 e. The van der Waals surface area contributed by atoms with Gasteiger partial charge in [0.1, 0.15) is 0 Å². The second kappa shape index (κ2) is 8.81. The van der Waals surface area contributed by atoms with Gasteiger partial charge in [0.05, 0.1) is 12.7 Å². The minimum absolute atomic E-state index is 0. The summed E-state index contributed by atoms with van der Waals surface area (Å²) in [5, 5.41) is 10.5. The lowest BCUT2D eigenvalue weighted by atomic mass is 10.1. The number of nitrogens with one attached hydrogen (secondary N) is 1. The largest absolute Gasteiger partial charge is 0.465 e. The van der Waals surface area contributed by atoms with Crippen molar-refractivity contribution in [2.45, 2.75) is 6.10 Å². The van der Waals surface area contributed by atoms with Gasteiger partial charge >= 0.3 is 6.09 Å². The number of hydrogen-bond acceptors (Lipinski definition) is 3. The van der Waals surface area contributed by atoms with Gasteiger partial charge in [-0.3, -0.25) is 0 Å². The maximum atomic E-state index is 8.78. The topological polar surface area (TPSA) is 84.6 Å². The number of benzene rings is 1. The predicted molar refractivity (Wildman–Crippen MR) is 67.5 cm³/mol. The normalized spacial score (nSPS) is 18.2. The number of primary amides is 1. The van der Waals surface area contributed by atoms with Crippen molar-refractivity contribution in [2.75, 3.05) is 19.7 Å². The molecule has 1 unspecified atom stereocenters. The molecule has 1 aromatic carbocycles. The quantitative estimate of drug-likeness (QED) is 0.712. The number of hydrogen-bond donors (Lipinski definition) is 3. The van der Waals surface area contributed by atoms with Gasteiger partial charge in [-0.2, -0.15) is 0 Å². The van der Waals surface area contributed by atoms with Crippen LogP contribution in [-0.2, 0) is 4.74 Å². The van der Waals surface area contributed by atoms with Gasteiger partial charge in [-0.15, -0.1) is 12.4 Å². The Morgan fingerprint density at radius 2 is 2.00 bits per heavy atom. The highest BCUT2D eigenvalue weighted by atomic mass is 35.5. The molecule has 1 aromatic rings. The summed E-state index contributed by atoms with van der Waals surface area (Å²) in [5.41, 5.74) is 5.30. The summed E-state index contributed by atoms with van der Waals surface area (Å²) in [6, 6.07) is 10.3. The van der Waals surface area contributed by atoms with E-state index in [0.717, 1.165) is 19.7 Å². The lowest BCUT2D eigenvalue weighted by Gasteiger charge is -2.23. The van der Waals surface area contributed by atoms with Crippen molar-refractivity contribution in [3.8, 4) is 0 Å². The molecule has 1 saturated heterocycles. The van der Waals surface area contributed by atoms with Crippen molar-refractivity contribution in [3.63, 3.8) is 0 Å². The Bertz CT molecular complexity index is 312. The zero-order valence-corrected chi connectivity index (χ0v) is 10.2. The highest BCUT2D eigenvalue weighted by molar-refractivity contribution is 5.85. The lowest BCUT2D eigenvalue weighted by Crippen LogP contribution is -2.33. The van der Waals surface area contributed by atoms with Gasteiger partial charge in [-0.25, -0.2) is 4.79 Å². The Kier molecular flexibility index (Phi) is 8.13. The third kappa shape index (κ3) is 6.78. The Morgan fingerprint density at radius 1 is 1.41 bits per heavy atom. The van der Waals surface area contributed by atoms with Crippen LogP contribution in [0.3, 0.4) is 0 Å². The van der Waals surface area contributed by atoms with Gasteiger partial charge in [0.2, 0.25) is 0 Å². The average molecular weight is 261 g/mol. The first-order valence-electron chi connectivity index (χ1n) is 5.06. The fraction of sp³-hybridized carbons (Fsp3) is 0.364. The molecule has 0 saturated carbocycles. The lowest BCUT2D eigenvalue weighted by molar-refractivity contribution is 0.0277. The number of carboxylic acid groups (broad SMARTS) is 1. The molecule has 0 aliphatic carbocycles. The number of amides is 1. The van der Waals surface area contributed by atoms with E-state index in [4.69, 9.17) is 14.6 Å². The second-order valence-electron chi connectivity index (χ2n) is 3.31. The molecule has 6 heteroatoms. The maximum Gasteiger partial charge on any atom is 0.402 e. The van der Waals surface area contributed by atoms with Crippen molar-refractivity contribution in [1.82, 2.24) is 5.32 Å². The van der Waals surface area contributed by atoms with Gasteiger partial charge in [0, 0.05) is 13.1 Å². The van der Waals surface area contributed by atoms with Crippen molar-refractivity contribution in [2.24, 2.45) is 5.73 Å². The summed E-state index contributed by atoms with van der Waals surface area (Å²) < 4.78 is 5.60. The van der Waals surface area contributed by atoms with E-state index in [1.54, 1.807) is 0 Å². The molecule has 1 heterocycles. The van der Waals surface area contributed by atoms with E-state index in [9.17, 15) is 0 Å². The summed E-state index contributed by atoms with van der Waals surface area (Å²) in [6.45, 7) is 2.73. The zero-order chi connectivity index (χ0) is 11.8. The van der Waals surface area contributed by atoms with Crippen molar-refractivity contribution >= 4 is 18.5 Å². The first-order chi connectivity index (χ1) is 7.70. The first kappa shape index (κ1) is 15.7. The van der Waals surface area contributed by atoms with Crippen LogP contribution in [0.5, 0.6) is 0 Å². The number of ether oxygens (including phenoxy) is 1. The molecule has 17 heavy (non-hydrogen) atoms. The molecule has 96 valence electrons. The summed E-state index contributed by atoms with van der Waals surface area (Å²) in [6.07, 6.45) is -1.08. The Hall–Kier alpha value is -1.30. The molecule has 1 aliphatic rings. The van der Waals surface area contributed by atoms with E-state index in [1.807, 2.05) is 18.2 Å². The van der Waals surface area contributed by atoms with Gasteiger partial charge < -0.3 is 20.9 Å². The average Bonchev–Trinajstić information content (AvgIpc) is 2.31. The Labute approximate surface area is 106 Å². The van der Waals surface area contributed by atoms with Crippen LogP contribution in [-0.4, -0.2) is 30.9 Å². The van der Waals surface area contributed by atoms with E-state index in [1.165, 1.54) is 5.56 Å². The van der Waals surface area contributed by atoms with Crippen LogP contribution in [0.1, 0.15) is 11.7 Å². The fourth-order valence-corrected chi connectivity index (χ4v) is 1.45. The molecule has 2 rings (SSSR count). The summed E-state index contributed by atoms with van der Waals surface area (Å²) in [7, 11) is 0. The molecule has 1 atom stereocenters. The van der Waals surface area contributed by atoms with Crippen LogP contribution in [0, 0.1) is 0 Å². The first-order valence-corrected chi connectivity index (χ1v) is 5.06.